The Bertz CT molecular complexity index is 1350. The average molecular weight is 435 g/mol. The molecule has 0 aliphatic heterocycles. The summed E-state index contributed by atoms with van der Waals surface area (Å²) in [6, 6.07) is 19.0. The first-order valence-corrected chi connectivity index (χ1v) is 11.3. The van der Waals surface area contributed by atoms with E-state index in [0.717, 1.165) is 5.56 Å². The first-order chi connectivity index (χ1) is 14.9. The van der Waals surface area contributed by atoms with Crippen LogP contribution in [-0.4, -0.2) is 30.3 Å². The summed E-state index contributed by atoms with van der Waals surface area (Å²) in [6.07, 6.45) is 3.44. The summed E-state index contributed by atoms with van der Waals surface area (Å²) in [6.45, 7) is 3.96. The fourth-order valence-corrected chi connectivity index (χ4v) is 5.00. The van der Waals surface area contributed by atoms with Gasteiger partial charge in [0.05, 0.1) is 11.4 Å². The van der Waals surface area contributed by atoms with Crippen LogP contribution in [0.2, 0.25) is 0 Å². The van der Waals surface area contributed by atoms with Gasteiger partial charge in [0.1, 0.15) is 16.2 Å². The molecule has 0 aliphatic rings. The highest BCUT2D eigenvalue weighted by atomic mass is 32.2. The van der Waals surface area contributed by atoms with Gasteiger partial charge in [-0.25, -0.2) is 13.4 Å². The van der Waals surface area contributed by atoms with E-state index >= 15 is 0 Å². The zero-order valence-corrected chi connectivity index (χ0v) is 18.0. The first-order valence-electron chi connectivity index (χ1n) is 9.83. The predicted molar refractivity (Wildman–Crippen MR) is 121 cm³/mol. The number of aryl methyl sites for hydroxylation is 1. The number of benzene rings is 2. The maximum absolute atomic E-state index is 13.4. The molecule has 0 unspecified atom stereocenters. The second-order valence-corrected chi connectivity index (χ2v) is 8.88. The van der Waals surface area contributed by atoms with Gasteiger partial charge in [-0.05, 0) is 55.8 Å². The van der Waals surface area contributed by atoms with Crippen LogP contribution in [0.5, 0.6) is 0 Å². The number of fused-ring (bicyclic) bond motifs is 1. The summed E-state index contributed by atoms with van der Waals surface area (Å²) >= 11 is 0. The summed E-state index contributed by atoms with van der Waals surface area (Å²) < 4.78 is 29.9. The number of anilines is 2. The molecule has 0 spiro atoms. The van der Waals surface area contributed by atoms with Gasteiger partial charge in [-0.2, -0.15) is 0 Å². The zero-order valence-electron chi connectivity index (χ0n) is 17.2. The second-order valence-electron chi connectivity index (χ2n) is 7.05. The summed E-state index contributed by atoms with van der Waals surface area (Å²) in [4.78, 5) is 17.2. The number of carbonyl (C=O) groups is 1. The summed E-state index contributed by atoms with van der Waals surface area (Å²) in [5, 5.41) is 2.72. The van der Waals surface area contributed by atoms with Crippen molar-refractivity contribution in [2.45, 2.75) is 18.7 Å². The molecule has 8 heteroatoms. The van der Waals surface area contributed by atoms with E-state index in [0.29, 0.717) is 11.3 Å². The van der Waals surface area contributed by atoms with Crippen LogP contribution in [0.1, 0.15) is 23.0 Å². The Morgan fingerprint density at radius 3 is 2.52 bits per heavy atom. The molecule has 4 rings (SSSR count). The van der Waals surface area contributed by atoms with E-state index in [-0.39, 0.29) is 22.8 Å². The number of nitrogens with one attached hydrogen (secondary N) is 1. The van der Waals surface area contributed by atoms with E-state index in [1.165, 1.54) is 10.4 Å². The van der Waals surface area contributed by atoms with Gasteiger partial charge in [0.2, 0.25) is 0 Å². The van der Waals surface area contributed by atoms with Gasteiger partial charge in [-0.1, -0.05) is 30.3 Å². The lowest BCUT2D eigenvalue weighted by atomic mass is 10.3. The van der Waals surface area contributed by atoms with Crippen LogP contribution in [0, 0.1) is 6.92 Å². The van der Waals surface area contributed by atoms with Crippen molar-refractivity contribution in [3.8, 4) is 0 Å². The summed E-state index contributed by atoms with van der Waals surface area (Å²) in [5.41, 5.74) is 2.64. The molecule has 0 radical (unpaired) electrons. The average Bonchev–Trinajstić information content (AvgIpc) is 3.18. The molecule has 0 saturated heterocycles. The molecular weight excluding hydrogens is 412 g/mol. The molecule has 0 saturated carbocycles. The molecule has 0 aliphatic carbocycles. The van der Waals surface area contributed by atoms with Gasteiger partial charge in [-0.3, -0.25) is 9.10 Å². The van der Waals surface area contributed by atoms with Crippen molar-refractivity contribution in [2.24, 2.45) is 0 Å². The van der Waals surface area contributed by atoms with Gasteiger partial charge >= 0.3 is 0 Å². The topological polar surface area (TPSA) is 83.8 Å². The standard InChI is InChI=1S/C23H22N4O3S/c1-3-27(18-9-5-4-6-10-18)31(29,30)21-12-8-7-11-19(21)25-23(28)20-16-26-14-13-17(2)15-22(26)24-20/h4-16H,3H2,1-2H3,(H,25,28). The number of hydrogen-bond donors (Lipinski definition) is 1. The normalized spacial score (nSPS) is 11.4. The Morgan fingerprint density at radius 2 is 1.77 bits per heavy atom. The van der Waals surface area contributed by atoms with E-state index in [2.05, 4.69) is 10.3 Å². The molecule has 2 heterocycles. The predicted octanol–water partition coefficient (Wildman–Crippen LogP) is 4.11. The number of para-hydroxylation sites is 2. The van der Waals surface area contributed by atoms with Crippen LogP contribution in [0.3, 0.4) is 0 Å². The zero-order chi connectivity index (χ0) is 22.0. The van der Waals surface area contributed by atoms with Crippen molar-refractivity contribution in [3.05, 3.63) is 90.4 Å². The number of hydrogen-bond acceptors (Lipinski definition) is 4. The maximum Gasteiger partial charge on any atom is 0.275 e. The van der Waals surface area contributed by atoms with Gasteiger partial charge in [0, 0.05) is 18.9 Å². The number of rotatable bonds is 6. The van der Waals surface area contributed by atoms with E-state index in [9.17, 15) is 13.2 Å². The monoisotopic (exact) mass is 434 g/mol. The molecule has 0 atom stereocenters. The van der Waals surface area contributed by atoms with E-state index in [4.69, 9.17) is 0 Å². The minimum absolute atomic E-state index is 0.0219. The number of amides is 1. The molecule has 158 valence electrons. The molecule has 1 N–H and O–H groups in total. The van der Waals surface area contributed by atoms with Gasteiger partial charge in [-0.15, -0.1) is 0 Å². The highest BCUT2D eigenvalue weighted by Gasteiger charge is 2.27. The van der Waals surface area contributed by atoms with Gasteiger partial charge in [0.15, 0.2) is 0 Å². The largest absolute Gasteiger partial charge is 0.319 e. The highest BCUT2D eigenvalue weighted by Crippen LogP contribution is 2.28. The van der Waals surface area contributed by atoms with Crippen LogP contribution < -0.4 is 9.62 Å². The van der Waals surface area contributed by atoms with Crippen molar-refractivity contribution < 1.29 is 13.2 Å². The highest BCUT2D eigenvalue weighted by molar-refractivity contribution is 7.93. The summed E-state index contributed by atoms with van der Waals surface area (Å²) in [5.74, 6) is -0.480. The third kappa shape index (κ3) is 4.02. The molecule has 2 aromatic heterocycles. The van der Waals surface area contributed by atoms with Crippen LogP contribution in [0.15, 0.2) is 84.0 Å². The molecule has 7 nitrogen and oxygen atoms in total. The number of pyridine rings is 1. The lowest BCUT2D eigenvalue weighted by Crippen LogP contribution is -2.31. The Balaban J connectivity index is 1.68. The first kappa shape index (κ1) is 20.6. The molecule has 0 bridgehead atoms. The Morgan fingerprint density at radius 1 is 1.06 bits per heavy atom. The molecule has 2 aromatic carbocycles. The maximum atomic E-state index is 13.4. The minimum Gasteiger partial charge on any atom is -0.319 e. The number of carbonyl (C=O) groups excluding carboxylic acids is 1. The summed E-state index contributed by atoms with van der Waals surface area (Å²) in [7, 11) is -3.90. The minimum atomic E-state index is -3.90. The van der Waals surface area contributed by atoms with Crippen molar-refractivity contribution in [3.63, 3.8) is 0 Å². The molecule has 1 amide bonds. The third-order valence-electron chi connectivity index (χ3n) is 4.88. The Labute approximate surface area is 181 Å². The number of imidazole rings is 1. The lowest BCUT2D eigenvalue weighted by molar-refractivity contribution is 0.102. The number of sulfonamides is 1. The molecule has 4 aromatic rings. The molecule has 0 fully saturated rings. The number of aromatic nitrogens is 2. The van der Waals surface area contributed by atoms with Crippen LogP contribution >= 0.6 is 0 Å². The van der Waals surface area contributed by atoms with Crippen molar-refractivity contribution >= 4 is 33.0 Å². The van der Waals surface area contributed by atoms with Gasteiger partial charge < -0.3 is 9.72 Å². The lowest BCUT2D eigenvalue weighted by Gasteiger charge is -2.24. The van der Waals surface area contributed by atoms with Crippen LogP contribution in [-0.2, 0) is 10.0 Å². The third-order valence-corrected chi connectivity index (χ3v) is 6.84. The fourth-order valence-electron chi connectivity index (χ4n) is 3.38. The van der Waals surface area contributed by atoms with Crippen LogP contribution in [0.4, 0.5) is 11.4 Å². The Kier molecular flexibility index (Phi) is 5.48. The molecular formula is C23H22N4O3S. The second kappa shape index (κ2) is 8.23. The fraction of sp³-hybridized carbons (Fsp3) is 0.130. The van der Waals surface area contributed by atoms with E-state index in [1.807, 2.05) is 31.3 Å². The molecule has 31 heavy (non-hydrogen) atoms. The van der Waals surface area contributed by atoms with Crippen molar-refractivity contribution in [2.75, 3.05) is 16.2 Å². The van der Waals surface area contributed by atoms with E-state index < -0.39 is 15.9 Å². The SMILES string of the molecule is CCN(c1ccccc1)S(=O)(=O)c1ccccc1NC(=O)c1cn2ccc(C)cc2n1. The van der Waals surface area contributed by atoms with Crippen molar-refractivity contribution in [1.82, 2.24) is 9.38 Å². The van der Waals surface area contributed by atoms with Crippen molar-refractivity contribution in [1.29, 1.82) is 0 Å². The smallest absolute Gasteiger partial charge is 0.275 e. The van der Waals surface area contributed by atoms with Crippen LogP contribution in [0.25, 0.3) is 5.65 Å². The number of nitrogens with zero attached hydrogens (tertiary/aromatic N) is 3. The quantitative estimate of drug-likeness (QED) is 0.495. The van der Waals surface area contributed by atoms with Gasteiger partial charge in [0.25, 0.3) is 15.9 Å². The van der Waals surface area contributed by atoms with E-state index in [1.54, 1.807) is 60.0 Å². The Hall–Kier alpha value is -3.65.